The van der Waals surface area contributed by atoms with Crippen LogP contribution in [0.15, 0.2) is 6.20 Å². The minimum atomic E-state index is -0.460. The molecule has 0 atom stereocenters. The molecule has 0 aliphatic rings. The average Bonchev–Trinajstić information content (AvgIpc) is 2.83. The summed E-state index contributed by atoms with van der Waals surface area (Å²) in [5.74, 6) is 0.0594. The molecule has 84 valence electrons. The first kappa shape index (κ1) is 10.6. The second kappa shape index (κ2) is 3.93. The van der Waals surface area contributed by atoms with Crippen molar-refractivity contribution < 1.29 is 9.53 Å². The smallest absolute Gasteiger partial charge is 0.350 e. The van der Waals surface area contributed by atoms with Gasteiger partial charge in [-0.05, 0) is 6.92 Å². The number of thiazole rings is 1. The molecule has 0 bridgehead atoms. The molecule has 2 aromatic rings. The molecule has 2 heterocycles. The lowest BCUT2D eigenvalue weighted by molar-refractivity contribution is 0.0607. The molecule has 3 N–H and O–H groups in total. The predicted octanol–water partition coefficient (Wildman–Crippen LogP) is 1.21. The fourth-order valence-corrected chi connectivity index (χ4v) is 2.01. The van der Waals surface area contributed by atoms with E-state index in [9.17, 15) is 4.79 Å². The number of hydrogen-bond donors (Lipinski definition) is 2. The molecule has 6 nitrogen and oxygen atoms in total. The topological polar surface area (TPSA) is 93.9 Å². The first-order valence-electron chi connectivity index (χ1n) is 4.48. The number of nitrogens with zero attached hydrogens (tertiary/aromatic N) is 2. The molecule has 0 aliphatic carbocycles. The van der Waals surface area contributed by atoms with Crippen molar-refractivity contribution in [1.29, 1.82) is 0 Å². The second-order valence-electron chi connectivity index (χ2n) is 3.14. The first-order chi connectivity index (χ1) is 7.61. The molecule has 0 fully saturated rings. The summed E-state index contributed by atoms with van der Waals surface area (Å²) in [6, 6.07) is 0. The molecular weight excluding hydrogens is 228 g/mol. The Labute approximate surface area is 95.5 Å². The number of nitrogen functional groups attached to an aromatic ring is 1. The van der Waals surface area contributed by atoms with Crippen molar-refractivity contribution in [3.05, 3.63) is 16.8 Å². The number of anilines is 1. The number of ether oxygens (including phenoxy) is 1. The summed E-state index contributed by atoms with van der Waals surface area (Å²) in [5, 5.41) is 0.310. The summed E-state index contributed by atoms with van der Waals surface area (Å²) in [7, 11) is 1.31. The molecule has 0 spiro atoms. The van der Waals surface area contributed by atoms with Crippen LogP contribution in [0.4, 0.5) is 5.13 Å². The lowest BCUT2D eigenvalue weighted by Crippen LogP contribution is -2.00. The van der Waals surface area contributed by atoms with Gasteiger partial charge in [0, 0.05) is 11.9 Å². The molecule has 0 saturated carbocycles. The number of carbonyl (C=O) groups is 1. The van der Waals surface area contributed by atoms with Crippen molar-refractivity contribution in [2.45, 2.75) is 6.92 Å². The van der Waals surface area contributed by atoms with Gasteiger partial charge in [-0.25, -0.2) is 14.8 Å². The van der Waals surface area contributed by atoms with Crippen LogP contribution in [0.2, 0.25) is 0 Å². The number of aromatic amines is 1. The Bertz CT molecular complexity index is 531. The Kier molecular flexibility index (Phi) is 2.61. The highest BCUT2D eigenvalue weighted by Crippen LogP contribution is 2.28. The third-order valence-corrected chi connectivity index (χ3v) is 2.81. The van der Waals surface area contributed by atoms with Crippen molar-refractivity contribution in [2.24, 2.45) is 0 Å². The number of nitrogens with two attached hydrogens (primary N) is 1. The molecule has 16 heavy (non-hydrogen) atoms. The minimum absolute atomic E-state index is 0.310. The quantitative estimate of drug-likeness (QED) is 0.767. The highest BCUT2D eigenvalue weighted by atomic mass is 32.1. The van der Waals surface area contributed by atoms with Gasteiger partial charge in [-0.3, -0.25) is 0 Å². The lowest BCUT2D eigenvalue weighted by Gasteiger charge is -1.96. The maximum Gasteiger partial charge on any atom is 0.350 e. The van der Waals surface area contributed by atoms with E-state index in [-0.39, 0.29) is 0 Å². The molecule has 0 amide bonds. The number of carbonyl (C=O) groups excluding carboxylic acids is 1. The van der Waals surface area contributed by atoms with Gasteiger partial charge in [0.15, 0.2) is 11.0 Å². The average molecular weight is 238 g/mol. The number of imidazole rings is 1. The number of methoxy groups -OCH3 is 1. The third kappa shape index (κ3) is 1.76. The van der Waals surface area contributed by atoms with E-state index < -0.39 is 5.97 Å². The Morgan fingerprint density at radius 1 is 1.62 bits per heavy atom. The van der Waals surface area contributed by atoms with E-state index >= 15 is 0 Å². The minimum Gasteiger partial charge on any atom is -0.465 e. The van der Waals surface area contributed by atoms with Crippen LogP contribution < -0.4 is 5.73 Å². The molecule has 0 radical (unpaired) electrons. The molecule has 7 heteroatoms. The van der Waals surface area contributed by atoms with Crippen LogP contribution in [0.25, 0.3) is 11.5 Å². The standard InChI is InChI=1S/C9H10N4O2S/c1-4-3-11-7(12-4)5-6(8(14)15-2)16-9(10)13-5/h3H,1-2H3,(H2,10,13)(H,11,12). The zero-order valence-corrected chi connectivity index (χ0v) is 9.59. The molecule has 0 saturated heterocycles. The van der Waals surface area contributed by atoms with E-state index in [1.807, 2.05) is 6.92 Å². The number of nitrogens with one attached hydrogen (secondary N) is 1. The first-order valence-corrected chi connectivity index (χ1v) is 5.30. The summed E-state index contributed by atoms with van der Waals surface area (Å²) in [5.41, 5.74) is 6.89. The van der Waals surface area contributed by atoms with Gasteiger partial charge in [0.1, 0.15) is 10.6 Å². The summed E-state index contributed by atoms with van der Waals surface area (Å²) in [6.07, 6.45) is 1.66. The largest absolute Gasteiger partial charge is 0.465 e. The predicted molar refractivity (Wildman–Crippen MR) is 60.2 cm³/mol. The normalized spacial score (nSPS) is 10.4. The SMILES string of the molecule is COC(=O)c1sc(N)nc1-c1ncc(C)[nH]1. The molecule has 0 aliphatic heterocycles. The molecule has 0 aromatic carbocycles. The third-order valence-electron chi connectivity index (χ3n) is 1.94. The van der Waals surface area contributed by atoms with Crippen LogP contribution in [-0.4, -0.2) is 28.0 Å². The van der Waals surface area contributed by atoms with E-state index in [4.69, 9.17) is 5.73 Å². The highest BCUT2D eigenvalue weighted by molar-refractivity contribution is 7.17. The molecule has 2 aromatic heterocycles. The van der Waals surface area contributed by atoms with Gasteiger partial charge in [-0.15, -0.1) is 0 Å². The monoisotopic (exact) mass is 238 g/mol. The van der Waals surface area contributed by atoms with Crippen molar-refractivity contribution in [3.8, 4) is 11.5 Å². The zero-order chi connectivity index (χ0) is 11.7. The summed E-state index contributed by atoms with van der Waals surface area (Å²) < 4.78 is 4.65. The summed E-state index contributed by atoms with van der Waals surface area (Å²) >= 11 is 1.08. The van der Waals surface area contributed by atoms with E-state index in [2.05, 4.69) is 19.7 Å². The van der Waals surface area contributed by atoms with Crippen LogP contribution in [0, 0.1) is 6.92 Å². The summed E-state index contributed by atoms with van der Waals surface area (Å²) in [4.78, 5) is 23.0. The number of H-pyrrole nitrogens is 1. The van der Waals surface area contributed by atoms with E-state index in [1.54, 1.807) is 6.20 Å². The van der Waals surface area contributed by atoms with Crippen LogP contribution in [-0.2, 0) is 4.74 Å². The number of esters is 1. The van der Waals surface area contributed by atoms with E-state index in [0.717, 1.165) is 17.0 Å². The number of rotatable bonds is 2. The molecule has 0 unspecified atom stereocenters. The second-order valence-corrected chi connectivity index (χ2v) is 4.17. The van der Waals surface area contributed by atoms with Gasteiger partial charge < -0.3 is 15.5 Å². The van der Waals surface area contributed by atoms with Crippen molar-refractivity contribution in [2.75, 3.05) is 12.8 Å². The molecule has 2 rings (SSSR count). The maximum atomic E-state index is 11.5. The highest BCUT2D eigenvalue weighted by Gasteiger charge is 2.20. The van der Waals surface area contributed by atoms with Crippen LogP contribution >= 0.6 is 11.3 Å². The number of hydrogen-bond acceptors (Lipinski definition) is 6. The lowest BCUT2D eigenvalue weighted by atomic mass is 10.3. The zero-order valence-electron chi connectivity index (χ0n) is 8.77. The summed E-state index contributed by atoms with van der Waals surface area (Å²) in [6.45, 7) is 1.87. The Hall–Kier alpha value is -1.89. The van der Waals surface area contributed by atoms with E-state index in [0.29, 0.717) is 21.5 Å². The fraction of sp³-hybridized carbons (Fsp3) is 0.222. The Balaban J connectivity index is 2.52. The van der Waals surface area contributed by atoms with Crippen LogP contribution in [0.3, 0.4) is 0 Å². The maximum absolute atomic E-state index is 11.5. The van der Waals surface area contributed by atoms with E-state index in [1.165, 1.54) is 7.11 Å². The van der Waals surface area contributed by atoms with Crippen LogP contribution in [0.1, 0.15) is 15.4 Å². The number of aryl methyl sites for hydroxylation is 1. The fourth-order valence-electron chi connectivity index (χ4n) is 1.26. The van der Waals surface area contributed by atoms with Crippen molar-refractivity contribution >= 4 is 22.4 Å². The number of aromatic nitrogens is 3. The van der Waals surface area contributed by atoms with Crippen molar-refractivity contribution in [3.63, 3.8) is 0 Å². The Morgan fingerprint density at radius 2 is 2.38 bits per heavy atom. The van der Waals surface area contributed by atoms with Gasteiger partial charge in [0.2, 0.25) is 0 Å². The van der Waals surface area contributed by atoms with Crippen molar-refractivity contribution in [1.82, 2.24) is 15.0 Å². The van der Waals surface area contributed by atoms with Gasteiger partial charge in [0.25, 0.3) is 0 Å². The Morgan fingerprint density at radius 3 is 2.94 bits per heavy atom. The van der Waals surface area contributed by atoms with Crippen LogP contribution in [0.5, 0.6) is 0 Å². The molecular formula is C9H10N4O2S. The van der Waals surface area contributed by atoms with Gasteiger partial charge in [-0.2, -0.15) is 0 Å². The van der Waals surface area contributed by atoms with Gasteiger partial charge >= 0.3 is 5.97 Å². The van der Waals surface area contributed by atoms with Gasteiger partial charge in [-0.1, -0.05) is 11.3 Å². The van der Waals surface area contributed by atoms with Gasteiger partial charge in [0.05, 0.1) is 7.11 Å².